The van der Waals surface area contributed by atoms with E-state index in [4.69, 9.17) is 5.26 Å². The average Bonchev–Trinajstić information content (AvgIpc) is 2.14. The van der Waals surface area contributed by atoms with Gasteiger partial charge in [0.15, 0.2) is 0 Å². The van der Waals surface area contributed by atoms with Crippen LogP contribution in [0.3, 0.4) is 0 Å². The second kappa shape index (κ2) is 1.90. The molecule has 1 unspecified atom stereocenters. The van der Waals surface area contributed by atoms with Gasteiger partial charge in [0.25, 0.3) is 0 Å². The minimum Gasteiger partial charge on any atom is -0.335 e. The second-order valence-electron chi connectivity index (χ2n) is 1.06. The van der Waals surface area contributed by atoms with Crippen LogP contribution >= 0.6 is 11.9 Å². The van der Waals surface area contributed by atoms with Gasteiger partial charge in [-0.05, 0) is 11.9 Å². The molecule has 0 fully saturated rings. The predicted molar refractivity (Wildman–Crippen MR) is 27.9 cm³/mol. The maximum Gasteiger partial charge on any atom is 0.138 e. The minimum absolute atomic E-state index is 0.0972. The summed E-state index contributed by atoms with van der Waals surface area (Å²) in [4.78, 5) is 0. The fraction of sp³-hybridized carbons (Fsp3) is 0.250. The first-order valence-corrected chi connectivity index (χ1v) is 2.70. The summed E-state index contributed by atoms with van der Waals surface area (Å²) in [5.74, 6) is 0. The van der Waals surface area contributed by atoms with Gasteiger partial charge in [0, 0.05) is 12.3 Å². The number of nitriles is 1. The van der Waals surface area contributed by atoms with E-state index in [2.05, 4.69) is 10.8 Å². The lowest BCUT2D eigenvalue weighted by Gasteiger charge is -1.86. The zero-order chi connectivity index (χ0) is 5.11. The van der Waals surface area contributed by atoms with Crippen molar-refractivity contribution in [2.45, 2.75) is 5.25 Å². The van der Waals surface area contributed by atoms with Crippen molar-refractivity contribution in [1.29, 1.82) is 5.26 Å². The highest BCUT2D eigenvalue weighted by Crippen LogP contribution is 2.10. The van der Waals surface area contributed by atoms with Gasteiger partial charge in [0.1, 0.15) is 5.25 Å². The maximum absolute atomic E-state index is 8.17. The fourth-order valence-corrected chi connectivity index (χ4v) is 0.770. The van der Waals surface area contributed by atoms with Gasteiger partial charge in [-0.15, -0.1) is 0 Å². The summed E-state index contributed by atoms with van der Waals surface area (Å²) < 4.78 is 2.78. The quantitative estimate of drug-likeness (QED) is 0.461. The zero-order valence-electron chi connectivity index (χ0n) is 3.51. The van der Waals surface area contributed by atoms with Gasteiger partial charge in [-0.2, -0.15) is 5.26 Å². The summed E-state index contributed by atoms with van der Waals surface area (Å²) in [5, 5.41) is 8.08. The first-order valence-electron chi connectivity index (χ1n) is 1.82. The molecule has 0 saturated carbocycles. The molecule has 1 rings (SSSR count). The summed E-state index contributed by atoms with van der Waals surface area (Å²) in [6, 6.07) is 2.02. The fourth-order valence-electron chi connectivity index (χ4n) is 0.309. The molecule has 0 aromatic carbocycles. The monoisotopic (exact) mass is 111 g/mol. The molecule has 1 heterocycles. The summed E-state index contributed by atoms with van der Waals surface area (Å²) in [7, 11) is 0. The molecule has 1 aliphatic rings. The minimum atomic E-state index is -0.0972. The Kier molecular flexibility index (Phi) is 1.23. The largest absolute Gasteiger partial charge is 0.335 e. The molecule has 7 heavy (non-hydrogen) atoms. The highest BCUT2D eigenvalue weighted by Gasteiger charge is 2.06. The molecule has 2 nitrogen and oxygen atoms in total. The van der Waals surface area contributed by atoms with Crippen LogP contribution in [0.1, 0.15) is 0 Å². The van der Waals surface area contributed by atoms with E-state index < -0.39 is 0 Å². The van der Waals surface area contributed by atoms with Crippen LogP contribution in [-0.4, -0.2) is 5.25 Å². The number of nitrogens with zero attached hydrogens (tertiary/aromatic N) is 1. The highest BCUT2D eigenvalue weighted by atomic mass is 32.2. The zero-order valence-corrected chi connectivity index (χ0v) is 4.33. The van der Waals surface area contributed by atoms with Gasteiger partial charge in [-0.25, -0.2) is 0 Å². The smallest absolute Gasteiger partial charge is 0.138 e. The molecule has 0 saturated heterocycles. The Balaban J connectivity index is 2.47. The van der Waals surface area contributed by atoms with Gasteiger partial charge in [-0.1, -0.05) is 0 Å². The number of rotatable bonds is 0. The summed E-state index contributed by atoms with van der Waals surface area (Å²) >= 11 is 1.36. The molecule has 1 atom stereocenters. The van der Waals surface area contributed by atoms with E-state index in [0.717, 1.165) is 0 Å². The van der Waals surface area contributed by atoms with Crippen LogP contribution in [0, 0.1) is 17.4 Å². The lowest BCUT2D eigenvalue weighted by molar-refractivity contribution is 1.35. The molecule has 0 amide bonds. The maximum atomic E-state index is 8.17. The van der Waals surface area contributed by atoms with E-state index in [1.807, 2.05) is 6.07 Å². The van der Waals surface area contributed by atoms with Crippen molar-refractivity contribution in [3.63, 3.8) is 0 Å². The predicted octanol–water partition coefficient (Wildman–Crippen LogP) is 0.447. The number of nitrogens with one attached hydrogen (secondary N) is 1. The number of hydrogen-bond acceptors (Lipinski definition) is 3. The Morgan fingerprint density at radius 1 is 2.00 bits per heavy atom. The third-order valence-corrected chi connectivity index (χ3v) is 1.33. The van der Waals surface area contributed by atoms with Gasteiger partial charge in [-0.3, -0.25) is 0 Å². The van der Waals surface area contributed by atoms with Gasteiger partial charge < -0.3 is 4.72 Å². The first kappa shape index (κ1) is 4.54. The highest BCUT2D eigenvalue weighted by molar-refractivity contribution is 7.98. The standard InChI is InChI=1S/C4H3N2S/c5-3-4-1-2-6-7-4/h2,4,6H. The topological polar surface area (TPSA) is 35.8 Å². The van der Waals surface area contributed by atoms with Crippen molar-refractivity contribution in [2.75, 3.05) is 0 Å². The average molecular weight is 111 g/mol. The van der Waals surface area contributed by atoms with Crippen molar-refractivity contribution in [1.82, 2.24) is 4.72 Å². The normalized spacial score (nSPS) is 26.4. The third-order valence-electron chi connectivity index (χ3n) is 0.597. The van der Waals surface area contributed by atoms with Crippen molar-refractivity contribution >= 4 is 11.9 Å². The molecule has 0 aromatic heterocycles. The molecule has 35 valence electrons. The molecule has 0 spiro atoms. The van der Waals surface area contributed by atoms with Crippen LogP contribution in [0.2, 0.25) is 0 Å². The SMILES string of the molecule is N#CC1[C]=CNS1. The second-order valence-corrected chi connectivity index (χ2v) is 2.00. The first-order chi connectivity index (χ1) is 3.43. The van der Waals surface area contributed by atoms with Crippen LogP contribution in [0.5, 0.6) is 0 Å². The van der Waals surface area contributed by atoms with E-state index in [-0.39, 0.29) is 5.25 Å². The molecule has 0 bridgehead atoms. The molecular formula is C4H3N2S. The lowest BCUT2D eigenvalue weighted by atomic mass is 10.4. The Morgan fingerprint density at radius 2 is 2.86 bits per heavy atom. The molecular weight excluding hydrogens is 108 g/mol. The Hall–Kier alpha value is -0.620. The molecule has 0 aliphatic carbocycles. The molecule has 0 aromatic rings. The van der Waals surface area contributed by atoms with Crippen LogP contribution in [0.25, 0.3) is 0 Å². The van der Waals surface area contributed by atoms with Crippen molar-refractivity contribution in [2.24, 2.45) is 0 Å². The molecule has 1 N–H and O–H groups in total. The third kappa shape index (κ3) is 0.875. The van der Waals surface area contributed by atoms with Crippen LogP contribution in [0.15, 0.2) is 6.20 Å². The summed E-state index contributed by atoms with van der Waals surface area (Å²) in [6.45, 7) is 0. The van der Waals surface area contributed by atoms with E-state index in [9.17, 15) is 0 Å². The Bertz CT molecular complexity index is 124. The van der Waals surface area contributed by atoms with Crippen molar-refractivity contribution < 1.29 is 0 Å². The van der Waals surface area contributed by atoms with Gasteiger partial charge in [0.2, 0.25) is 0 Å². The molecule has 1 aliphatic heterocycles. The van der Waals surface area contributed by atoms with Crippen LogP contribution in [0.4, 0.5) is 0 Å². The van der Waals surface area contributed by atoms with Gasteiger partial charge >= 0.3 is 0 Å². The lowest BCUT2D eigenvalue weighted by Crippen LogP contribution is -1.90. The Morgan fingerprint density at radius 3 is 3.14 bits per heavy atom. The van der Waals surface area contributed by atoms with Crippen molar-refractivity contribution in [3.05, 3.63) is 12.3 Å². The summed E-state index contributed by atoms with van der Waals surface area (Å²) in [5.41, 5.74) is 0. The molecule has 3 heteroatoms. The van der Waals surface area contributed by atoms with Crippen molar-refractivity contribution in [3.8, 4) is 6.07 Å². The van der Waals surface area contributed by atoms with E-state index in [0.29, 0.717) is 0 Å². The summed E-state index contributed by atoms with van der Waals surface area (Å²) in [6.07, 6.45) is 4.42. The van der Waals surface area contributed by atoms with Crippen LogP contribution in [-0.2, 0) is 0 Å². The van der Waals surface area contributed by atoms with Gasteiger partial charge in [0.05, 0.1) is 6.07 Å². The van der Waals surface area contributed by atoms with Crippen LogP contribution < -0.4 is 4.72 Å². The number of hydrogen-bond donors (Lipinski definition) is 1. The van der Waals surface area contributed by atoms with E-state index in [1.54, 1.807) is 6.20 Å². The molecule has 1 radical (unpaired) electrons. The van der Waals surface area contributed by atoms with E-state index >= 15 is 0 Å². The van der Waals surface area contributed by atoms with E-state index in [1.165, 1.54) is 11.9 Å². The Labute approximate surface area is 46.3 Å².